The van der Waals surface area contributed by atoms with Crippen molar-refractivity contribution in [3.05, 3.63) is 29.8 Å². The topological polar surface area (TPSA) is 82.0 Å². The highest BCUT2D eigenvalue weighted by Crippen LogP contribution is 2.08. The third-order valence-electron chi connectivity index (χ3n) is 2.22. The zero-order valence-corrected chi connectivity index (χ0v) is 10.2. The minimum atomic E-state index is -0.288. The average molecular weight is 245 g/mol. The number of carbonyl (C=O) groups excluding carboxylic acids is 2. The zero-order chi connectivity index (χ0) is 13.4. The molecule has 1 aromatic carbocycles. The summed E-state index contributed by atoms with van der Waals surface area (Å²) in [4.78, 5) is 22.6. The third-order valence-corrected chi connectivity index (χ3v) is 2.22. The monoisotopic (exact) mass is 245 g/mol. The predicted octanol–water partition coefficient (Wildman–Crippen LogP) is 1.41. The Morgan fingerprint density at radius 1 is 1.22 bits per heavy atom. The number of nitriles is 1. The molecule has 0 aromatic heterocycles. The van der Waals surface area contributed by atoms with Crippen LogP contribution in [-0.4, -0.2) is 18.4 Å². The highest BCUT2D eigenvalue weighted by molar-refractivity contribution is 5.94. The maximum atomic E-state index is 11.5. The molecule has 94 valence electrons. The molecule has 0 bridgehead atoms. The molecular weight excluding hydrogens is 230 g/mol. The lowest BCUT2D eigenvalue weighted by molar-refractivity contribution is -0.124. The van der Waals surface area contributed by atoms with E-state index in [0.29, 0.717) is 17.7 Å². The lowest BCUT2D eigenvalue weighted by Crippen LogP contribution is -2.32. The highest BCUT2D eigenvalue weighted by Gasteiger charge is 2.04. The second kappa shape index (κ2) is 7.07. The van der Waals surface area contributed by atoms with Crippen molar-refractivity contribution < 1.29 is 9.59 Å². The normalized spacial score (nSPS) is 9.33. The van der Waals surface area contributed by atoms with E-state index in [1.807, 2.05) is 13.0 Å². The summed E-state index contributed by atoms with van der Waals surface area (Å²) < 4.78 is 0. The van der Waals surface area contributed by atoms with E-state index in [-0.39, 0.29) is 18.4 Å². The van der Waals surface area contributed by atoms with Crippen LogP contribution < -0.4 is 10.6 Å². The van der Waals surface area contributed by atoms with Gasteiger partial charge in [0, 0.05) is 12.1 Å². The van der Waals surface area contributed by atoms with Crippen LogP contribution in [0.1, 0.15) is 25.3 Å². The maximum absolute atomic E-state index is 11.5. The van der Waals surface area contributed by atoms with Crippen LogP contribution in [0, 0.1) is 11.3 Å². The van der Waals surface area contributed by atoms with Gasteiger partial charge in [0.15, 0.2) is 0 Å². The molecule has 1 rings (SSSR count). The van der Waals surface area contributed by atoms with E-state index >= 15 is 0 Å². The zero-order valence-electron chi connectivity index (χ0n) is 10.2. The van der Waals surface area contributed by atoms with Gasteiger partial charge in [-0.1, -0.05) is 6.92 Å². The summed E-state index contributed by atoms with van der Waals surface area (Å²) in [5, 5.41) is 13.8. The Balaban J connectivity index is 2.40. The van der Waals surface area contributed by atoms with Gasteiger partial charge in [-0.2, -0.15) is 5.26 Å². The van der Waals surface area contributed by atoms with Crippen LogP contribution in [-0.2, 0) is 9.59 Å². The van der Waals surface area contributed by atoms with Gasteiger partial charge in [0.05, 0.1) is 18.2 Å². The Labute approximate surface area is 106 Å². The predicted molar refractivity (Wildman–Crippen MR) is 67.7 cm³/mol. The average Bonchev–Trinajstić information content (AvgIpc) is 2.38. The van der Waals surface area contributed by atoms with Gasteiger partial charge < -0.3 is 10.6 Å². The van der Waals surface area contributed by atoms with E-state index in [1.165, 1.54) is 0 Å². The molecule has 0 aliphatic rings. The number of rotatable bonds is 5. The van der Waals surface area contributed by atoms with Crippen LogP contribution in [0.2, 0.25) is 0 Å². The summed E-state index contributed by atoms with van der Waals surface area (Å²) in [7, 11) is 0. The van der Waals surface area contributed by atoms with E-state index in [0.717, 1.165) is 6.42 Å². The number of nitrogens with zero attached hydrogens (tertiary/aromatic N) is 1. The lowest BCUT2D eigenvalue weighted by atomic mass is 10.2. The summed E-state index contributed by atoms with van der Waals surface area (Å²) in [6.45, 7) is 1.86. The largest absolute Gasteiger partial charge is 0.347 e. The molecule has 0 spiro atoms. The molecular formula is C13H15N3O2. The van der Waals surface area contributed by atoms with E-state index < -0.39 is 0 Å². The SMILES string of the molecule is CCCC(=O)NCC(=O)Nc1ccc(C#N)cc1. The summed E-state index contributed by atoms with van der Waals surface area (Å²) in [5.74, 6) is -0.420. The molecule has 0 radical (unpaired) electrons. The van der Waals surface area contributed by atoms with Crippen molar-refractivity contribution in [3.63, 3.8) is 0 Å². The Kier molecular flexibility index (Phi) is 5.39. The minimum Gasteiger partial charge on any atom is -0.347 e. The van der Waals surface area contributed by atoms with Crippen molar-refractivity contribution in [3.8, 4) is 6.07 Å². The molecule has 0 fully saturated rings. The number of hydrogen-bond donors (Lipinski definition) is 2. The van der Waals surface area contributed by atoms with Gasteiger partial charge in [-0.25, -0.2) is 0 Å². The molecule has 0 atom stereocenters. The van der Waals surface area contributed by atoms with Crippen LogP contribution in [0.5, 0.6) is 0 Å². The lowest BCUT2D eigenvalue weighted by Gasteiger charge is -2.06. The molecule has 18 heavy (non-hydrogen) atoms. The molecule has 1 aromatic rings. The quantitative estimate of drug-likeness (QED) is 0.822. The molecule has 0 aliphatic carbocycles. The Morgan fingerprint density at radius 2 is 1.89 bits per heavy atom. The number of hydrogen-bond acceptors (Lipinski definition) is 3. The van der Waals surface area contributed by atoms with Crippen molar-refractivity contribution in [2.45, 2.75) is 19.8 Å². The van der Waals surface area contributed by atoms with Gasteiger partial charge in [-0.3, -0.25) is 9.59 Å². The first-order valence-corrected chi connectivity index (χ1v) is 5.72. The van der Waals surface area contributed by atoms with E-state index in [9.17, 15) is 9.59 Å². The van der Waals surface area contributed by atoms with Crippen molar-refractivity contribution >= 4 is 17.5 Å². The van der Waals surface area contributed by atoms with E-state index in [2.05, 4.69) is 10.6 Å². The fourth-order valence-electron chi connectivity index (χ4n) is 1.33. The second-order valence-corrected chi connectivity index (χ2v) is 3.76. The summed E-state index contributed by atoms with van der Waals surface area (Å²) in [6, 6.07) is 8.51. The van der Waals surface area contributed by atoms with Gasteiger partial charge >= 0.3 is 0 Å². The molecule has 0 aliphatic heterocycles. The van der Waals surface area contributed by atoms with Crippen molar-refractivity contribution in [2.75, 3.05) is 11.9 Å². The van der Waals surface area contributed by atoms with Crippen LogP contribution >= 0.6 is 0 Å². The molecule has 0 heterocycles. The standard InChI is InChI=1S/C13H15N3O2/c1-2-3-12(17)15-9-13(18)16-11-6-4-10(8-14)5-7-11/h4-7H,2-3,9H2,1H3,(H,15,17)(H,16,18). The van der Waals surface area contributed by atoms with Gasteiger partial charge in [-0.15, -0.1) is 0 Å². The molecule has 0 saturated carbocycles. The first-order chi connectivity index (χ1) is 8.65. The van der Waals surface area contributed by atoms with Crippen molar-refractivity contribution in [2.24, 2.45) is 0 Å². The first-order valence-electron chi connectivity index (χ1n) is 5.72. The van der Waals surface area contributed by atoms with Crippen molar-refractivity contribution in [1.29, 1.82) is 5.26 Å². The number of anilines is 1. The highest BCUT2D eigenvalue weighted by atomic mass is 16.2. The molecule has 0 saturated heterocycles. The van der Waals surface area contributed by atoms with Crippen LogP contribution in [0.15, 0.2) is 24.3 Å². The first kappa shape index (κ1) is 13.7. The number of benzene rings is 1. The van der Waals surface area contributed by atoms with Gasteiger partial charge in [0.25, 0.3) is 0 Å². The van der Waals surface area contributed by atoms with Crippen LogP contribution in [0.25, 0.3) is 0 Å². The smallest absolute Gasteiger partial charge is 0.243 e. The van der Waals surface area contributed by atoms with E-state index in [1.54, 1.807) is 24.3 Å². The molecule has 5 heteroatoms. The second-order valence-electron chi connectivity index (χ2n) is 3.76. The molecule has 5 nitrogen and oxygen atoms in total. The Hall–Kier alpha value is -2.35. The number of nitrogens with one attached hydrogen (secondary N) is 2. The van der Waals surface area contributed by atoms with Gasteiger partial charge in [-0.05, 0) is 30.7 Å². The van der Waals surface area contributed by atoms with Crippen molar-refractivity contribution in [1.82, 2.24) is 5.32 Å². The Morgan fingerprint density at radius 3 is 2.44 bits per heavy atom. The number of carbonyl (C=O) groups is 2. The number of amides is 2. The third kappa shape index (κ3) is 4.66. The van der Waals surface area contributed by atoms with Gasteiger partial charge in [0.2, 0.25) is 11.8 Å². The minimum absolute atomic E-state index is 0.0428. The maximum Gasteiger partial charge on any atom is 0.243 e. The summed E-state index contributed by atoms with van der Waals surface area (Å²) >= 11 is 0. The fraction of sp³-hybridized carbons (Fsp3) is 0.308. The molecule has 2 N–H and O–H groups in total. The van der Waals surface area contributed by atoms with Crippen LogP contribution in [0.3, 0.4) is 0 Å². The van der Waals surface area contributed by atoms with Crippen LogP contribution in [0.4, 0.5) is 5.69 Å². The summed E-state index contributed by atoms with van der Waals surface area (Å²) in [6.07, 6.45) is 1.17. The Bertz CT molecular complexity index is 460. The van der Waals surface area contributed by atoms with Gasteiger partial charge in [0.1, 0.15) is 0 Å². The fourth-order valence-corrected chi connectivity index (χ4v) is 1.33. The summed E-state index contributed by atoms with van der Waals surface area (Å²) in [5.41, 5.74) is 1.13. The molecule has 0 unspecified atom stereocenters. The molecule has 2 amide bonds. The van der Waals surface area contributed by atoms with E-state index in [4.69, 9.17) is 5.26 Å².